The number of nitrogens with one attached hydrogen (secondary N) is 1. The summed E-state index contributed by atoms with van der Waals surface area (Å²) in [7, 11) is 0. The molecule has 1 aliphatic carbocycles. The van der Waals surface area contributed by atoms with Crippen LogP contribution in [0.2, 0.25) is 5.02 Å². The van der Waals surface area contributed by atoms with Gasteiger partial charge in [-0.25, -0.2) is 0 Å². The fourth-order valence-electron chi connectivity index (χ4n) is 3.09. The Morgan fingerprint density at radius 2 is 2.16 bits per heavy atom. The van der Waals surface area contributed by atoms with Crippen LogP contribution in [0.25, 0.3) is 0 Å². The predicted molar refractivity (Wildman–Crippen MR) is 76.4 cm³/mol. The van der Waals surface area contributed by atoms with Crippen LogP contribution in [0.1, 0.15) is 43.4 Å². The van der Waals surface area contributed by atoms with E-state index >= 15 is 0 Å². The summed E-state index contributed by atoms with van der Waals surface area (Å²) in [5, 5.41) is 4.39. The molecule has 0 radical (unpaired) electrons. The van der Waals surface area contributed by atoms with E-state index in [1.54, 1.807) is 0 Å². The molecule has 3 rings (SSSR count). The van der Waals surface area contributed by atoms with Crippen molar-refractivity contribution in [1.29, 1.82) is 0 Å². The Labute approximate surface area is 119 Å². The minimum Gasteiger partial charge on any atom is -0.486 e. The van der Waals surface area contributed by atoms with Gasteiger partial charge in [-0.1, -0.05) is 24.9 Å². The Balaban J connectivity index is 2.13. The Morgan fingerprint density at radius 1 is 1.32 bits per heavy atom. The minimum absolute atomic E-state index is 0.330. The van der Waals surface area contributed by atoms with Crippen LogP contribution in [0, 0.1) is 0 Å². The SMILES string of the molecule is CCNC1CCCCc2c(Cl)cc3c(c21)OCCO3. The first kappa shape index (κ1) is 13.1. The normalized spacial score (nSPS) is 21.7. The summed E-state index contributed by atoms with van der Waals surface area (Å²) in [6.07, 6.45) is 4.58. The monoisotopic (exact) mass is 281 g/mol. The minimum atomic E-state index is 0.330. The van der Waals surface area contributed by atoms with E-state index in [2.05, 4.69) is 12.2 Å². The topological polar surface area (TPSA) is 30.5 Å². The Morgan fingerprint density at radius 3 is 3.00 bits per heavy atom. The van der Waals surface area contributed by atoms with Crippen LogP contribution < -0.4 is 14.8 Å². The highest BCUT2D eigenvalue weighted by atomic mass is 35.5. The zero-order chi connectivity index (χ0) is 13.2. The molecule has 1 heterocycles. The van der Waals surface area contributed by atoms with E-state index in [0.717, 1.165) is 35.9 Å². The van der Waals surface area contributed by atoms with E-state index in [1.165, 1.54) is 24.0 Å². The molecule has 19 heavy (non-hydrogen) atoms. The van der Waals surface area contributed by atoms with Crippen LogP contribution in [0.4, 0.5) is 0 Å². The van der Waals surface area contributed by atoms with Crippen molar-refractivity contribution in [2.24, 2.45) is 0 Å². The molecule has 0 saturated heterocycles. The van der Waals surface area contributed by atoms with Gasteiger partial charge < -0.3 is 14.8 Å². The van der Waals surface area contributed by atoms with E-state index < -0.39 is 0 Å². The summed E-state index contributed by atoms with van der Waals surface area (Å²) >= 11 is 6.45. The van der Waals surface area contributed by atoms with Crippen molar-refractivity contribution in [3.8, 4) is 11.5 Å². The molecular formula is C15H20ClNO2. The third kappa shape index (κ3) is 2.41. The lowest BCUT2D eigenvalue weighted by Crippen LogP contribution is -2.24. The molecule has 4 heteroatoms. The van der Waals surface area contributed by atoms with Crippen LogP contribution in [-0.2, 0) is 6.42 Å². The third-order valence-electron chi connectivity index (χ3n) is 3.90. The second-order valence-electron chi connectivity index (χ2n) is 5.13. The lowest BCUT2D eigenvalue weighted by molar-refractivity contribution is 0.168. The summed E-state index contributed by atoms with van der Waals surface area (Å²) in [5.41, 5.74) is 2.48. The van der Waals surface area contributed by atoms with Crippen molar-refractivity contribution >= 4 is 11.6 Å². The van der Waals surface area contributed by atoms with E-state index in [-0.39, 0.29) is 0 Å². The van der Waals surface area contributed by atoms with Crippen molar-refractivity contribution in [2.75, 3.05) is 19.8 Å². The van der Waals surface area contributed by atoms with Gasteiger partial charge in [0.05, 0.1) is 0 Å². The second kappa shape index (κ2) is 5.59. The Hall–Kier alpha value is -0.930. The molecule has 1 aromatic rings. The zero-order valence-electron chi connectivity index (χ0n) is 11.3. The number of hydrogen-bond donors (Lipinski definition) is 1. The summed E-state index contributed by atoms with van der Waals surface area (Å²) in [6.45, 7) is 4.32. The maximum Gasteiger partial charge on any atom is 0.166 e. The van der Waals surface area contributed by atoms with Crippen LogP contribution in [0.15, 0.2) is 6.07 Å². The van der Waals surface area contributed by atoms with Crippen LogP contribution in [0.5, 0.6) is 11.5 Å². The molecule has 0 aromatic heterocycles. The largest absolute Gasteiger partial charge is 0.486 e. The molecule has 3 nitrogen and oxygen atoms in total. The van der Waals surface area contributed by atoms with E-state index in [9.17, 15) is 0 Å². The average molecular weight is 282 g/mol. The fraction of sp³-hybridized carbons (Fsp3) is 0.600. The number of ether oxygens (including phenoxy) is 2. The van der Waals surface area contributed by atoms with Gasteiger partial charge in [0, 0.05) is 22.7 Å². The fourth-order valence-corrected chi connectivity index (χ4v) is 3.38. The number of hydrogen-bond acceptors (Lipinski definition) is 3. The molecule has 0 fully saturated rings. The van der Waals surface area contributed by atoms with Gasteiger partial charge in [-0.15, -0.1) is 0 Å². The van der Waals surface area contributed by atoms with Crippen LogP contribution in [0.3, 0.4) is 0 Å². The van der Waals surface area contributed by atoms with Crippen molar-refractivity contribution in [3.05, 3.63) is 22.2 Å². The maximum atomic E-state index is 6.45. The van der Waals surface area contributed by atoms with E-state index in [1.807, 2.05) is 6.07 Å². The highest BCUT2D eigenvalue weighted by Crippen LogP contribution is 2.45. The number of fused-ring (bicyclic) bond motifs is 3. The van der Waals surface area contributed by atoms with Gasteiger partial charge in [-0.2, -0.15) is 0 Å². The van der Waals surface area contributed by atoms with Gasteiger partial charge >= 0.3 is 0 Å². The summed E-state index contributed by atoms with van der Waals surface area (Å²) in [5.74, 6) is 1.72. The molecule has 104 valence electrons. The van der Waals surface area contributed by atoms with Gasteiger partial charge in [-0.05, 0) is 31.4 Å². The smallest absolute Gasteiger partial charge is 0.166 e. The molecule has 1 aliphatic heterocycles. The molecule has 0 bridgehead atoms. The standard InChI is InChI=1S/C15H20ClNO2/c1-2-17-12-6-4-3-5-10-11(16)9-13-15(14(10)12)19-8-7-18-13/h9,12,17H,2-8H2,1H3. The molecule has 1 N–H and O–H groups in total. The molecule has 0 amide bonds. The molecule has 1 unspecified atom stereocenters. The van der Waals surface area contributed by atoms with Crippen molar-refractivity contribution < 1.29 is 9.47 Å². The number of rotatable bonds is 2. The van der Waals surface area contributed by atoms with Gasteiger partial charge in [-0.3, -0.25) is 0 Å². The lowest BCUT2D eigenvalue weighted by Gasteiger charge is -2.27. The van der Waals surface area contributed by atoms with Crippen LogP contribution >= 0.6 is 11.6 Å². The quantitative estimate of drug-likeness (QED) is 0.842. The highest BCUT2D eigenvalue weighted by molar-refractivity contribution is 6.31. The van der Waals surface area contributed by atoms with E-state index in [0.29, 0.717) is 19.3 Å². The highest BCUT2D eigenvalue weighted by Gasteiger charge is 2.28. The molecule has 1 atom stereocenters. The Bertz CT molecular complexity index is 476. The first-order valence-corrected chi connectivity index (χ1v) is 7.53. The van der Waals surface area contributed by atoms with Gasteiger partial charge in [0.25, 0.3) is 0 Å². The van der Waals surface area contributed by atoms with Crippen molar-refractivity contribution in [2.45, 2.75) is 38.6 Å². The maximum absolute atomic E-state index is 6.45. The second-order valence-corrected chi connectivity index (χ2v) is 5.54. The predicted octanol–water partition coefficient (Wildman–Crippen LogP) is 3.49. The van der Waals surface area contributed by atoms with Crippen molar-refractivity contribution in [1.82, 2.24) is 5.32 Å². The Kier molecular flexibility index (Phi) is 3.85. The molecule has 1 aromatic carbocycles. The third-order valence-corrected chi connectivity index (χ3v) is 4.23. The van der Waals surface area contributed by atoms with E-state index in [4.69, 9.17) is 21.1 Å². The van der Waals surface area contributed by atoms with Crippen LogP contribution in [-0.4, -0.2) is 19.8 Å². The molecule has 2 aliphatic rings. The molecule has 0 saturated carbocycles. The number of halogens is 1. The number of benzene rings is 1. The van der Waals surface area contributed by atoms with Gasteiger partial charge in [0.2, 0.25) is 0 Å². The summed E-state index contributed by atoms with van der Waals surface area (Å²) in [4.78, 5) is 0. The zero-order valence-corrected chi connectivity index (χ0v) is 12.1. The lowest BCUT2D eigenvalue weighted by atomic mass is 9.96. The van der Waals surface area contributed by atoms with Crippen molar-refractivity contribution in [3.63, 3.8) is 0 Å². The van der Waals surface area contributed by atoms with Gasteiger partial charge in [0.15, 0.2) is 11.5 Å². The average Bonchev–Trinajstić information content (AvgIpc) is 2.63. The summed E-state index contributed by atoms with van der Waals surface area (Å²) < 4.78 is 11.6. The molecule has 0 spiro atoms. The summed E-state index contributed by atoms with van der Waals surface area (Å²) in [6, 6.07) is 2.25. The van der Waals surface area contributed by atoms with Gasteiger partial charge in [0.1, 0.15) is 13.2 Å². The molecular weight excluding hydrogens is 262 g/mol. The first-order valence-electron chi connectivity index (χ1n) is 7.15. The first-order chi connectivity index (χ1) is 9.31.